The van der Waals surface area contributed by atoms with Gasteiger partial charge in [-0.1, -0.05) is 0 Å². The van der Waals surface area contributed by atoms with Crippen LogP contribution in [-0.2, 0) is 4.74 Å². The van der Waals surface area contributed by atoms with Gasteiger partial charge in [-0.2, -0.15) is 0 Å². The van der Waals surface area contributed by atoms with Crippen molar-refractivity contribution in [3.8, 4) is 0 Å². The van der Waals surface area contributed by atoms with Crippen LogP contribution in [-0.4, -0.2) is 17.7 Å². The summed E-state index contributed by atoms with van der Waals surface area (Å²) in [7, 11) is 0. The summed E-state index contributed by atoms with van der Waals surface area (Å²) in [5.74, 6) is 4.98. The van der Waals surface area contributed by atoms with E-state index in [1.165, 1.54) is 6.07 Å². The zero-order valence-corrected chi connectivity index (χ0v) is 8.90. The maximum Gasteiger partial charge on any atom is 0.141 e. The van der Waals surface area contributed by atoms with Crippen LogP contribution in [0, 0.1) is 5.82 Å². The second-order valence-electron chi connectivity index (χ2n) is 3.54. The van der Waals surface area contributed by atoms with Crippen molar-refractivity contribution >= 4 is 0 Å². The third kappa shape index (κ3) is 3.91. The van der Waals surface area contributed by atoms with Crippen LogP contribution in [0.3, 0.4) is 0 Å². The van der Waals surface area contributed by atoms with Crippen molar-refractivity contribution in [3.05, 3.63) is 29.8 Å². The van der Waals surface area contributed by atoms with E-state index in [1.807, 2.05) is 13.8 Å². The van der Waals surface area contributed by atoms with E-state index in [4.69, 9.17) is 10.6 Å². The fourth-order valence-corrected chi connectivity index (χ4v) is 1.15. The molecule has 0 bridgehead atoms. The van der Waals surface area contributed by atoms with Crippen molar-refractivity contribution in [1.82, 2.24) is 10.4 Å². The Bertz CT molecular complexity index is 306. The highest BCUT2D eigenvalue weighted by Crippen LogP contribution is 2.12. The molecule has 1 heterocycles. The Balaban J connectivity index is 2.65. The first-order valence-electron chi connectivity index (χ1n) is 4.81. The van der Waals surface area contributed by atoms with Gasteiger partial charge in [0, 0.05) is 6.20 Å². The number of ether oxygens (including phenoxy) is 1. The largest absolute Gasteiger partial charge is 0.377 e. The number of nitrogens with zero attached hydrogens (tertiary/aromatic N) is 1. The van der Waals surface area contributed by atoms with Gasteiger partial charge < -0.3 is 4.74 Å². The summed E-state index contributed by atoms with van der Waals surface area (Å²) in [4.78, 5) is 3.75. The van der Waals surface area contributed by atoms with E-state index in [2.05, 4.69) is 10.4 Å². The molecule has 0 aliphatic heterocycles. The Labute approximate surface area is 88.6 Å². The summed E-state index contributed by atoms with van der Waals surface area (Å²) >= 11 is 0. The average Bonchev–Trinajstić information content (AvgIpc) is 2.18. The van der Waals surface area contributed by atoms with E-state index in [9.17, 15) is 4.39 Å². The first-order chi connectivity index (χ1) is 7.13. The van der Waals surface area contributed by atoms with Crippen molar-refractivity contribution < 1.29 is 9.13 Å². The van der Waals surface area contributed by atoms with Crippen LogP contribution in [0.2, 0.25) is 0 Å². The molecule has 1 rings (SSSR count). The number of hydrogen-bond donors (Lipinski definition) is 2. The Morgan fingerprint density at radius 2 is 2.27 bits per heavy atom. The van der Waals surface area contributed by atoms with Crippen LogP contribution in [0.15, 0.2) is 18.5 Å². The van der Waals surface area contributed by atoms with Gasteiger partial charge in [-0.05, 0) is 25.5 Å². The first-order valence-corrected chi connectivity index (χ1v) is 4.81. The Morgan fingerprint density at radius 3 is 2.80 bits per heavy atom. The standard InChI is InChI=1S/C10H16FN3O/c1-7(2)15-6-10(14-12)8-3-9(11)5-13-4-8/h3-5,7,10,14H,6,12H2,1-2H3. The number of hydrazine groups is 1. The third-order valence-corrected chi connectivity index (χ3v) is 1.93. The number of rotatable bonds is 5. The number of hydrogen-bond acceptors (Lipinski definition) is 4. The molecule has 15 heavy (non-hydrogen) atoms. The van der Waals surface area contributed by atoms with Crippen molar-refractivity contribution in [1.29, 1.82) is 0 Å². The molecule has 1 unspecified atom stereocenters. The van der Waals surface area contributed by atoms with Crippen LogP contribution in [0.4, 0.5) is 4.39 Å². The summed E-state index contributed by atoms with van der Waals surface area (Å²) in [5, 5.41) is 0. The molecular formula is C10H16FN3O. The van der Waals surface area contributed by atoms with Crippen molar-refractivity contribution in [3.63, 3.8) is 0 Å². The predicted molar refractivity (Wildman–Crippen MR) is 55.3 cm³/mol. The van der Waals surface area contributed by atoms with E-state index >= 15 is 0 Å². The number of aromatic nitrogens is 1. The first kappa shape index (κ1) is 12.0. The SMILES string of the molecule is CC(C)OCC(NN)c1cncc(F)c1. The van der Waals surface area contributed by atoms with E-state index in [0.717, 1.165) is 6.20 Å². The molecule has 1 atom stereocenters. The summed E-state index contributed by atoms with van der Waals surface area (Å²) in [6.45, 7) is 4.24. The van der Waals surface area contributed by atoms with Gasteiger partial charge >= 0.3 is 0 Å². The third-order valence-electron chi connectivity index (χ3n) is 1.93. The van der Waals surface area contributed by atoms with Gasteiger partial charge in [-0.3, -0.25) is 16.3 Å². The van der Waals surface area contributed by atoms with Gasteiger partial charge in [0.05, 0.1) is 24.9 Å². The van der Waals surface area contributed by atoms with E-state index in [-0.39, 0.29) is 18.0 Å². The van der Waals surface area contributed by atoms with Crippen molar-refractivity contribution in [2.45, 2.75) is 26.0 Å². The molecule has 0 aliphatic carbocycles. The lowest BCUT2D eigenvalue weighted by atomic mass is 10.1. The quantitative estimate of drug-likeness (QED) is 0.569. The minimum atomic E-state index is -0.378. The lowest BCUT2D eigenvalue weighted by molar-refractivity contribution is 0.0610. The molecule has 5 heteroatoms. The van der Waals surface area contributed by atoms with Gasteiger partial charge in [0.1, 0.15) is 5.82 Å². The Morgan fingerprint density at radius 1 is 1.53 bits per heavy atom. The van der Waals surface area contributed by atoms with Gasteiger partial charge in [-0.25, -0.2) is 4.39 Å². The maximum atomic E-state index is 12.9. The summed E-state index contributed by atoms with van der Waals surface area (Å²) < 4.78 is 18.3. The molecule has 1 aromatic rings. The van der Waals surface area contributed by atoms with Crippen LogP contribution in [0.5, 0.6) is 0 Å². The van der Waals surface area contributed by atoms with Crippen LogP contribution < -0.4 is 11.3 Å². The molecule has 0 fully saturated rings. The lowest BCUT2D eigenvalue weighted by Crippen LogP contribution is -2.32. The normalized spacial score (nSPS) is 13.1. The molecule has 84 valence electrons. The van der Waals surface area contributed by atoms with Crippen LogP contribution in [0.1, 0.15) is 25.5 Å². The minimum Gasteiger partial charge on any atom is -0.377 e. The number of nitrogens with one attached hydrogen (secondary N) is 1. The highest BCUT2D eigenvalue weighted by atomic mass is 19.1. The predicted octanol–water partition coefficient (Wildman–Crippen LogP) is 1.15. The van der Waals surface area contributed by atoms with Crippen LogP contribution >= 0.6 is 0 Å². The molecule has 0 aliphatic rings. The average molecular weight is 213 g/mol. The van der Waals surface area contributed by atoms with Gasteiger partial charge in [0.2, 0.25) is 0 Å². The summed E-state index contributed by atoms with van der Waals surface area (Å²) in [6, 6.07) is 1.15. The highest BCUT2D eigenvalue weighted by Gasteiger charge is 2.11. The van der Waals surface area contributed by atoms with Crippen molar-refractivity contribution in [2.24, 2.45) is 5.84 Å². The molecular weight excluding hydrogens is 197 g/mol. The highest BCUT2D eigenvalue weighted by molar-refractivity contribution is 5.14. The van der Waals surface area contributed by atoms with E-state index < -0.39 is 0 Å². The van der Waals surface area contributed by atoms with E-state index in [1.54, 1.807) is 6.20 Å². The van der Waals surface area contributed by atoms with Gasteiger partial charge in [0.15, 0.2) is 0 Å². The molecule has 3 N–H and O–H groups in total. The Kier molecular flexibility index (Phi) is 4.61. The van der Waals surface area contributed by atoms with Crippen molar-refractivity contribution in [2.75, 3.05) is 6.61 Å². The molecule has 0 radical (unpaired) electrons. The van der Waals surface area contributed by atoms with Crippen LogP contribution in [0.25, 0.3) is 0 Å². The Hall–Kier alpha value is -1.04. The molecule has 0 aromatic carbocycles. The number of nitrogens with two attached hydrogens (primary N) is 1. The number of pyridine rings is 1. The molecule has 0 saturated carbocycles. The second kappa shape index (κ2) is 5.75. The zero-order chi connectivity index (χ0) is 11.3. The topological polar surface area (TPSA) is 60.2 Å². The molecule has 0 saturated heterocycles. The lowest BCUT2D eigenvalue weighted by Gasteiger charge is -2.17. The minimum absolute atomic E-state index is 0.113. The monoisotopic (exact) mass is 213 g/mol. The number of halogens is 1. The molecule has 0 spiro atoms. The molecule has 1 aromatic heterocycles. The van der Waals surface area contributed by atoms with Gasteiger partial charge in [0.25, 0.3) is 0 Å². The summed E-state index contributed by atoms with van der Waals surface area (Å²) in [6.07, 6.45) is 2.83. The fourth-order valence-electron chi connectivity index (χ4n) is 1.15. The second-order valence-corrected chi connectivity index (χ2v) is 3.54. The smallest absolute Gasteiger partial charge is 0.141 e. The van der Waals surface area contributed by atoms with Gasteiger partial charge in [-0.15, -0.1) is 0 Å². The fraction of sp³-hybridized carbons (Fsp3) is 0.500. The molecule has 4 nitrogen and oxygen atoms in total. The summed E-state index contributed by atoms with van der Waals surface area (Å²) in [5.41, 5.74) is 3.25. The maximum absolute atomic E-state index is 12.9. The molecule has 0 amide bonds. The zero-order valence-electron chi connectivity index (χ0n) is 8.90. The van der Waals surface area contributed by atoms with E-state index in [0.29, 0.717) is 12.2 Å².